The first kappa shape index (κ1) is 16.0. The van der Waals surface area contributed by atoms with Gasteiger partial charge in [-0.1, -0.05) is 23.7 Å². The number of halogens is 1. The van der Waals surface area contributed by atoms with Crippen molar-refractivity contribution < 1.29 is 4.79 Å². The Bertz CT molecular complexity index is 979. The molecule has 23 heavy (non-hydrogen) atoms. The molecule has 116 valence electrons. The second-order valence-electron chi connectivity index (χ2n) is 5.30. The lowest BCUT2D eigenvalue weighted by Crippen LogP contribution is -2.10. The monoisotopic (exact) mass is 360 g/mol. The third-order valence-electron chi connectivity index (χ3n) is 3.72. The lowest BCUT2D eigenvalue weighted by molar-refractivity contribution is 0.103. The van der Waals surface area contributed by atoms with Gasteiger partial charge in [-0.05, 0) is 38.0 Å². The number of nitriles is 1. The Morgan fingerprint density at radius 1 is 1.26 bits per heavy atom. The van der Waals surface area contributed by atoms with Crippen LogP contribution in [-0.4, -0.2) is 5.91 Å². The highest BCUT2D eigenvalue weighted by atomic mass is 35.5. The number of rotatable bonds is 2. The van der Waals surface area contributed by atoms with Crippen molar-refractivity contribution in [2.75, 3.05) is 5.32 Å². The van der Waals surface area contributed by atoms with Gasteiger partial charge in [0.05, 0.1) is 10.6 Å². The molecule has 2 heterocycles. The first-order chi connectivity index (χ1) is 10.9. The third-order valence-corrected chi connectivity index (χ3v) is 6.49. The van der Waals surface area contributed by atoms with Crippen LogP contribution >= 0.6 is 34.3 Å². The fourth-order valence-corrected chi connectivity index (χ4v) is 4.84. The first-order valence-corrected chi connectivity index (χ1v) is 8.93. The van der Waals surface area contributed by atoms with E-state index in [4.69, 9.17) is 11.6 Å². The van der Waals surface area contributed by atoms with E-state index in [1.165, 1.54) is 22.7 Å². The van der Waals surface area contributed by atoms with Crippen LogP contribution in [0.4, 0.5) is 5.00 Å². The maximum absolute atomic E-state index is 12.6. The predicted molar refractivity (Wildman–Crippen MR) is 98.0 cm³/mol. The molecule has 0 spiro atoms. The summed E-state index contributed by atoms with van der Waals surface area (Å²) in [6, 6.07) is 8.08. The molecule has 0 fully saturated rings. The second-order valence-corrected chi connectivity index (χ2v) is 7.95. The average molecular weight is 361 g/mol. The molecule has 0 unspecified atom stereocenters. The molecule has 0 aliphatic heterocycles. The van der Waals surface area contributed by atoms with Crippen molar-refractivity contribution >= 4 is 55.3 Å². The van der Waals surface area contributed by atoms with E-state index < -0.39 is 0 Å². The molecule has 0 saturated heterocycles. The summed E-state index contributed by atoms with van der Waals surface area (Å²) < 4.78 is 0.985. The topological polar surface area (TPSA) is 52.9 Å². The van der Waals surface area contributed by atoms with E-state index in [1.807, 2.05) is 39.0 Å². The number of hydrogen-bond donors (Lipinski definition) is 1. The van der Waals surface area contributed by atoms with Gasteiger partial charge in [0.15, 0.2) is 0 Å². The molecule has 0 aliphatic rings. The van der Waals surface area contributed by atoms with E-state index in [0.29, 0.717) is 20.5 Å². The van der Waals surface area contributed by atoms with Crippen molar-refractivity contribution in [3.63, 3.8) is 0 Å². The minimum absolute atomic E-state index is 0.272. The summed E-state index contributed by atoms with van der Waals surface area (Å²) in [7, 11) is 0. The minimum atomic E-state index is -0.272. The molecule has 3 rings (SSSR count). The number of hydrogen-bond acceptors (Lipinski definition) is 4. The summed E-state index contributed by atoms with van der Waals surface area (Å²) in [5.74, 6) is -0.272. The molecule has 0 radical (unpaired) electrons. The SMILES string of the molecule is Cc1ccc2c(Cl)c(C(=O)Nc3sc(C)c(C)c3C#N)sc2c1. The lowest BCUT2D eigenvalue weighted by Gasteiger charge is -2.01. The Balaban J connectivity index is 2.00. The van der Waals surface area contributed by atoms with Gasteiger partial charge in [-0.2, -0.15) is 5.26 Å². The number of aryl methyl sites for hydroxylation is 2. The Morgan fingerprint density at radius 2 is 2.00 bits per heavy atom. The van der Waals surface area contributed by atoms with Gasteiger partial charge in [-0.25, -0.2) is 0 Å². The van der Waals surface area contributed by atoms with Crippen LogP contribution < -0.4 is 5.32 Å². The number of benzene rings is 1. The summed E-state index contributed by atoms with van der Waals surface area (Å²) in [5, 5.41) is 14.0. The normalized spacial score (nSPS) is 10.7. The largest absolute Gasteiger partial charge is 0.312 e. The molecule has 2 aromatic heterocycles. The molecule has 1 aromatic carbocycles. The van der Waals surface area contributed by atoms with Crippen LogP contribution in [0.1, 0.15) is 31.2 Å². The minimum Gasteiger partial charge on any atom is -0.312 e. The van der Waals surface area contributed by atoms with E-state index in [0.717, 1.165) is 26.1 Å². The highest BCUT2D eigenvalue weighted by Gasteiger charge is 2.20. The first-order valence-electron chi connectivity index (χ1n) is 6.92. The molecule has 0 bridgehead atoms. The maximum Gasteiger partial charge on any atom is 0.267 e. The summed E-state index contributed by atoms with van der Waals surface area (Å²) >= 11 is 9.15. The van der Waals surface area contributed by atoms with Crippen LogP contribution in [0.3, 0.4) is 0 Å². The second kappa shape index (κ2) is 5.97. The van der Waals surface area contributed by atoms with Crippen LogP contribution in [0.2, 0.25) is 5.02 Å². The van der Waals surface area contributed by atoms with Gasteiger partial charge in [0.25, 0.3) is 5.91 Å². The number of nitrogens with one attached hydrogen (secondary N) is 1. The van der Waals surface area contributed by atoms with Crippen molar-refractivity contribution in [2.24, 2.45) is 0 Å². The highest BCUT2D eigenvalue weighted by Crippen LogP contribution is 2.37. The van der Waals surface area contributed by atoms with Crippen LogP contribution in [0, 0.1) is 32.1 Å². The number of nitrogens with zero attached hydrogens (tertiary/aromatic N) is 1. The van der Waals surface area contributed by atoms with E-state index in [9.17, 15) is 10.1 Å². The zero-order chi connectivity index (χ0) is 16.7. The van der Waals surface area contributed by atoms with Crippen LogP contribution in [-0.2, 0) is 0 Å². The molecular formula is C17H13ClN2OS2. The van der Waals surface area contributed by atoms with Gasteiger partial charge >= 0.3 is 0 Å². The third kappa shape index (κ3) is 2.74. The molecule has 3 aromatic rings. The molecule has 0 saturated carbocycles. The van der Waals surface area contributed by atoms with Crippen molar-refractivity contribution in [3.8, 4) is 6.07 Å². The molecule has 3 nitrogen and oxygen atoms in total. The number of fused-ring (bicyclic) bond motifs is 1. The molecular weight excluding hydrogens is 348 g/mol. The van der Waals surface area contributed by atoms with Crippen molar-refractivity contribution in [1.82, 2.24) is 0 Å². The predicted octanol–water partition coefficient (Wildman–Crippen LogP) is 5.67. The van der Waals surface area contributed by atoms with Crippen molar-refractivity contribution in [3.05, 3.63) is 49.7 Å². The van der Waals surface area contributed by atoms with Gasteiger partial charge in [-0.3, -0.25) is 4.79 Å². The van der Waals surface area contributed by atoms with E-state index in [2.05, 4.69) is 11.4 Å². The van der Waals surface area contributed by atoms with Gasteiger partial charge in [0, 0.05) is 15.0 Å². The molecule has 0 atom stereocenters. The summed E-state index contributed by atoms with van der Waals surface area (Å²) in [5.41, 5.74) is 2.55. The van der Waals surface area contributed by atoms with Crippen LogP contribution in [0.5, 0.6) is 0 Å². The number of anilines is 1. The fraction of sp³-hybridized carbons (Fsp3) is 0.176. The van der Waals surface area contributed by atoms with Gasteiger partial charge < -0.3 is 5.32 Å². The zero-order valence-corrected chi connectivity index (χ0v) is 15.2. The smallest absolute Gasteiger partial charge is 0.267 e. The van der Waals surface area contributed by atoms with Crippen molar-refractivity contribution in [1.29, 1.82) is 5.26 Å². The molecule has 1 amide bonds. The number of carbonyl (C=O) groups is 1. The number of carbonyl (C=O) groups excluding carboxylic acids is 1. The Kier molecular flexibility index (Phi) is 4.15. The van der Waals surface area contributed by atoms with Gasteiger partial charge in [0.1, 0.15) is 15.9 Å². The summed E-state index contributed by atoms with van der Waals surface area (Å²) in [4.78, 5) is 14.1. The van der Waals surface area contributed by atoms with Gasteiger partial charge in [-0.15, -0.1) is 22.7 Å². The van der Waals surface area contributed by atoms with Crippen LogP contribution in [0.25, 0.3) is 10.1 Å². The number of thiophene rings is 2. The standard InChI is InChI=1S/C17H13ClN2OS2/c1-8-4-5-11-13(6-8)23-15(14(11)18)16(21)20-17-12(7-19)9(2)10(3)22-17/h4-6H,1-3H3,(H,20,21). The summed E-state index contributed by atoms with van der Waals surface area (Å²) in [6.45, 7) is 5.82. The average Bonchev–Trinajstić information content (AvgIpc) is 2.96. The van der Waals surface area contributed by atoms with Gasteiger partial charge in [0.2, 0.25) is 0 Å². The number of amides is 1. The molecule has 1 N–H and O–H groups in total. The quantitative estimate of drug-likeness (QED) is 0.640. The Morgan fingerprint density at radius 3 is 2.70 bits per heavy atom. The fourth-order valence-electron chi connectivity index (χ4n) is 2.33. The van der Waals surface area contributed by atoms with E-state index in [-0.39, 0.29) is 5.91 Å². The van der Waals surface area contributed by atoms with Crippen molar-refractivity contribution in [2.45, 2.75) is 20.8 Å². The summed E-state index contributed by atoms with van der Waals surface area (Å²) in [6.07, 6.45) is 0. The Labute approximate surface area is 147 Å². The molecule has 6 heteroatoms. The maximum atomic E-state index is 12.6. The Hall–Kier alpha value is -1.87. The van der Waals surface area contributed by atoms with Crippen LogP contribution in [0.15, 0.2) is 18.2 Å². The zero-order valence-electron chi connectivity index (χ0n) is 12.8. The van der Waals surface area contributed by atoms with E-state index >= 15 is 0 Å². The van der Waals surface area contributed by atoms with E-state index in [1.54, 1.807) is 0 Å². The lowest BCUT2D eigenvalue weighted by atomic mass is 10.2. The highest BCUT2D eigenvalue weighted by molar-refractivity contribution is 7.22. The molecule has 0 aliphatic carbocycles.